The highest BCUT2D eigenvalue weighted by Crippen LogP contribution is 2.43. The molecule has 0 saturated carbocycles. The third-order valence-electron chi connectivity index (χ3n) is 8.86. The highest BCUT2D eigenvalue weighted by molar-refractivity contribution is 7.47. The van der Waals surface area contributed by atoms with Gasteiger partial charge in [-0.2, -0.15) is 0 Å². The summed E-state index contributed by atoms with van der Waals surface area (Å²) < 4.78 is 32.6. The van der Waals surface area contributed by atoms with Gasteiger partial charge in [-0.3, -0.25) is 18.6 Å². The summed E-state index contributed by atoms with van der Waals surface area (Å²) in [5.41, 5.74) is 0. The van der Waals surface area contributed by atoms with Crippen LogP contribution in [0.3, 0.4) is 0 Å². The van der Waals surface area contributed by atoms with Gasteiger partial charge in [-0.15, -0.1) is 0 Å². The number of aliphatic hydroxyl groups is 2. The first-order valence-electron chi connectivity index (χ1n) is 20.8. The molecular formula is C41H77O10P. The molecule has 0 aliphatic heterocycles. The second kappa shape index (κ2) is 37.8. The van der Waals surface area contributed by atoms with Gasteiger partial charge in [0.25, 0.3) is 0 Å². The Morgan fingerprint density at radius 2 is 1.00 bits per heavy atom. The summed E-state index contributed by atoms with van der Waals surface area (Å²) >= 11 is 0. The summed E-state index contributed by atoms with van der Waals surface area (Å²) in [4.78, 5) is 34.8. The number of allylic oxidation sites excluding steroid dienone is 4. The average Bonchev–Trinajstić information content (AvgIpc) is 3.13. The molecule has 0 bridgehead atoms. The van der Waals surface area contributed by atoms with Gasteiger partial charge in [0.05, 0.1) is 19.8 Å². The fourth-order valence-electron chi connectivity index (χ4n) is 5.61. The standard InChI is InChI=1S/C41H77O10P/c1-3-5-7-9-11-13-14-15-16-17-18-19-20-21-22-23-24-25-27-29-31-33-41(45)51-39(37-50-52(46,47)49-35-38(43)34-42)36-48-40(44)32-30-28-26-12-10-8-6-4-2/h14-15,17-18,38-39,42-43H,3-13,16,19-37H2,1-2H3,(H,46,47)/b15-14-,18-17-. The molecule has 3 unspecified atom stereocenters. The van der Waals surface area contributed by atoms with Gasteiger partial charge < -0.3 is 24.6 Å². The molecule has 306 valence electrons. The zero-order chi connectivity index (χ0) is 38.4. The highest BCUT2D eigenvalue weighted by atomic mass is 31.2. The first-order chi connectivity index (χ1) is 25.2. The third-order valence-corrected chi connectivity index (χ3v) is 9.81. The number of esters is 2. The number of aliphatic hydroxyl groups excluding tert-OH is 2. The van der Waals surface area contributed by atoms with Crippen LogP contribution in [0.5, 0.6) is 0 Å². The van der Waals surface area contributed by atoms with Crippen LogP contribution in [0.2, 0.25) is 0 Å². The predicted molar refractivity (Wildman–Crippen MR) is 210 cm³/mol. The van der Waals surface area contributed by atoms with Crippen LogP contribution in [0.25, 0.3) is 0 Å². The number of hydrogen-bond acceptors (Lipinski definition) is 9. The Bertz CT molecular complexity index is 925. The van der Waals surface area contributed by atoms with E-state index in [9.17, 15) is 24.2 Å². The second-order valence-electron chi connectivity index (χ2n) is 14.0. The zero-order valence-electron chi connectivity index (χ0n) is 33.0. The maximum atomic E-state index is 12.6. The van der Waals surface area contributed by atoms with Crippen molar-refractivity contribution < 1.29 is 47.8 Å². The van der Waals surface area contributed by atoms with Crippen LogP contribution in [0.15, 0.2) is 24.3 Å². The number of carbonyl (C=O) groups is 2. The monoisotopic (exact) mass is 761 g/mol. The molecule has 11 heteroatoms. The lowest BCUT2D eigenvalue weighted by Gasteiger charge is -2.20. The molecule has 0 heterocycles. The molecule has 0 aromatic carbocycles. The van der Waals surface area contributed by atoms with E-state index in [4.69, 9.17) is 19.1 Å². The number of ether oxygens (including phenoxy) is 2. The first-order valence-corrected chi connectivity index (χ1v) is 22.3. The lowest BCUT2D eigenvalue weighted by atomic mass is 10.1. The Hall–Kier alpha value is -1.55. The van der Waals surface area contributed by atoms with Crippen molar-refractivity contribution in [2.45, 2.75) is 199 Å². The van der Waals surface area contributed by atoms with Gasteiger partial charge in [0, 0.05) is 12.8 Å². The Labute approximate surface area is 317 Å². The molecule has 52 heavy (non-hydrogen) atoms. The van der Waals surface area contributed by atoms with E-state index in [1.807, 2.05) is 0 Å². The van der Waals surface area contributed by atoms with E-state index >= 15 is 0 Å². The number of hydrogen-bond donors (Lipinski definition) is 3. The van der Waals surface area contributed by atoms with Crippen molar-refractivity contribution in [1.82, 2.24) is 0 Å². The molecule has 0 radical (unpaired) electrons. The van der Waals surface area contributed by atoms with Crippen LogP contribution in [0.4, 0.5) is 0 Å². The van der Waals surface area contributed by atoms with Crippen molar-refractivity contribution in [3.63, 3.8) is 0 Å². The van der Waals surface area contributed by atoms with Crippen molar-refractivity contribution in [1.29, 1.82) is 0 Å². The molecule has 0 amide bonds. The SMILES string of the molecule is CCCCCCC/C=C\C/C=C\CCCCCCCCCCCC(=O)OC(COC(=O)CCCCCCCCCC)COP(=O)(O)OCC(O)CO. The topological polar surface area (TPSA) is 149 Å². The molecule has 0 aliphatic rings. The van der Waals surface area contributed by atoms with E-state index in [0.29, 0.717) is 12.8 Å². The van der Waals surface area contributed by atoms with E-state index in [1.165, 1.54) is 96.3 Å². The molecule has 0 spiro atoms. The van der Waals surface area contributed by atoms with Gasteiger partial charge in [0.2, 0.25) is 0 Å². The fraction of sp³-hybridized carbons (Fsp3) is 0.854. The minimum atomic E-state index is -4.61. The average molecular weight is 761 g/mol. The summed E-state index contributed by atoms with van der Waals surface area (Å²) in [5, 5.41) is 18.3. The number of rotatable bonds is 39. The van der Waals surface area contributed by atoms with Crippen molar-refractivity contribution in [3.8, 4) is 0 Å². The smallest absolute Gasteiger partial charge is 0.462 e. The molecule has 0 aromatic heterocycles. The van der Waals surface area contributed by atoms with E-state index in [1.54, 1.807) is 0 Å². The van der Waals surface area contributed by atoms with Gasteiger partial charge in [0.1, 0.15) is 12.7 Å². The van der Waals surface area contributed by atoms with E-state index in [2.05, 4.69) is 42.7 Å². The Morgan fingerprint density at radius 1 is 0.577 bits per heavy atom. The molecule has 0 fully saturated rings. The van der Waals surface area contributed by atoms with Crippen molar-refractivity contribution in [2.24, 2.45) is 0 Å². The van der Waals surface area contributed by atoms with Gasteiger partial charge >= 0.3 is 19.8 Å². The molecule has 0 saturated heterocycles. The van der Waals surface area contributed by atoms with Crippen LogP contribution in [0, 0.1) is 0 Å². The summed E-state index contributed by atoms with van der Waals surface area (Å²) in [7, 11) is -4.61. The van der Waals surface area contributed by atoms with Gasteiger partial charge in [-0.25, -0.2) is 4.57 Å². The van der Waals surface area contributed by atoms with E-state index in [0.717, 1.165) is 51.4 Å². The summed E-state index contributed by atoms with van der Waals surface area (Å²) in [5.74, 6) is -0.930. The second-order valence-corrected chi connectivity index (χ2v) is 15.5. The lowest BCUT2D eigenvalue weighted by molar-refractivity contribution is -0.161. The van der Waals surface area contributed by atoms with E-state index < -0.39 is 51.8 Å². The molecule has 0 rings (SSSR count). The summed E-state index contributed by atoms with van der Waals surface area (Å²) in [6.07, 6.45) is 35.9. The van der Waals surface area contributed by atoms with Gasteiger partial charge in [-0.05, 0) is 44.9 Å². The van der Waals surface area contributed by atoms with Crippen molar-refractivity contribution in [2.75, 3.05) is 26.4 Å². The molecule has 0 aliphatic carbocycles. The summed E-state index contributed by atoms with van der Waals surface area (Å²) in [6, 6.07) is 0. The van der Waals surface area contributed by atoms with Crippen molar-refractivity contribution >= 4 is 19.8 Å². The molecule has 3 atom stereocenters. The van der Waals surface area contributed by atoms with E-state index in [-0.39, 0.29) is 19.4 Å². The highest BCUT2D eigenvalue weighted by Gasteiger charge is 2.27. The number of phosphoric acid groups is 1. The maximum absolute atomic E-state index is 12.6. The number of phosphoric ester groups is 1. The lowest BCUT2D eigenvalue weighted by Crippen LogP contribution is -2.29. The Morgan fingerprint density at radius 3 is 1.48 bits per heavy atom. The van der Waals surface area contributed by atoms with Crippen LogP contribution in [-0.4, -0.2) is 65.7 Å². The fourth-order valence-corrected chi connectivity index (χ4v) is 6.40. The van der Waals surface area contributed by atoms with Gasteiger partial charge in [0.15, 0.2) is 6.10 Å². The largest absolute Gasteiger partial charge is 0.472 e. The first kappa shape index (κ1) is 50.5. The number of carbonyl (C=O) groups excluding carboxylic acids is 2. The van der Waals surface area contributed by atoms with Crippen LogP contribution in [0.1, 0.15) is 187 Å². The van der Waals surface area contributed by atoms with Crippen molar-refractivity contribution in [3.05, 3.63) is 24.3 Å². The maximum Gasteiger partial charge on any atom is 0.472 e. The Kier molecular flexibility index (Phi) is 36.6. The molecular weight excluding hydrogens is 683 g/mol. The van der Waals surface area contributed by atoms with Crippen LogP contribution >= 0.6 is 7.82 Å². The van der Waals surface area contributed by atoms with Gasteiger partial charge in [-0.1, -0.05) is 154 Å². The summed E-state index contributed by atoms with van der Waals surface area (Å²) in [6.45, 7) is 2.33. The Balaban J connectivity index is 4.20. The molecule has 10 nitrogen and oxygen atoms in total. The zero-order valence-corrected chi connectivity index (χ0v) is 33.9. The molecule has 0 aromatic rings. The van der Waals surface area contributed by atoms with Crippen LogP contribution < -0.4 is 0 Å². The van der Waals surface area contributed by atoms with Crippen LogP contribution in [-0.2, 0) is 32.7 Å². The third kappa shape index (κ3) is 36.8. The molecule has 3 N–H and O–H groups in total. The minimum Gasteiger partial charge on any atom is -0.462 e. The predicted octanol–water partition coefficient (Wildman–Crippen LogP) is 10.6. The number of unbranched alkanes of at least 4 members (excludes halogenated alkanes) is 21. The quantitative estimate of drug-likeness (QED) is 0.0239. The minimum absolute atomic E-state index is 0.182. The normalized spacial score (nSPS) is 14.2.